The molecule has 0 N–H and O–H groups in total. The predicted molar refractivity (Wildman–Crippen MR) is 42.8 cm³/mol. The molecule has 0 bridgehead atoms. The second-order valence-electron chi connectivity index (χ2n) is 2.06. The van der Waals surface area contributed by atoms with Crippen molar-refractivity contribution in [2.45, 2.75) is 0 Å². The minimum atomic E-state index is 0. The minimum Gasteiger partial charge on any atom is -0.388 e. The summed E-state index contributed by atoms with van der Waals surface area (Å²) in [6, 6.07) is 9.69. The SMILES string of the molecule is CO[C-](OC)c1ccccc1.[Ti]. The number of methoxy groups -OCH3 is 2. The van der Waals surface area contributed by atoms with Crippen molar-refractivity contribution in [2.24, 2.45) is 0 Å². The van der Waals surface area contributed by atoms with Crippen LogP contribution in [0.15, 0.2) is 30.3 Å². The molecule has 0 atom stereocenters. The Kier molecular flexibility index (Phi) is 6.12. The molecule has 0 saturated heterocycles. The Morgan fingerprint density at radius 3 is 1.92 bits per heavy atom. The van der Waals surface area contributed by atoms with Crippen LogP contribution in [0, 0.1) is 6.29 Å². The molecule has 0 radical (unpaired) electrons. The van der Waals surface area contributed by atoms with Crippen molar-refractivity contribution in [2.75, 3.05) is 14.2 Å². The molecule has 0 fully saturated rings. The van der Waals surface area contributed by atoms with Gasteiger partial charge in [-0.05, 0) is 0 Å². The second kappa shape index (κ2) is 6.26. The Hall–Kier alpha value is -0.276. The molecule has 0 amide bonds. The molecule has 0 aliphatic rings. The fourth-order valence-electron chi connectivity index (χ4n) is 0.893. The molecular formula is C9H11O2Ti-. The molecule has 0 heterocycles. The fraction of sp³-hybridized carbons (Fsp3) is 0.222. The fourth-order valence-corrected chi connectivity index (χ4v) is 0.893. The Bertz CT molecular complexity index is 197. The van der Waals surface area contributed by atoms with Crippen molar-refractivity contribution in [3.8, 4) is 0 Å². The van der Waals surface area contributed by atoms with Gasteiger partial charge in [-0.2, -0.15) is 12.1 Å². The van der Waals surface area contributed by atoms with Crippen LogP contribution in [0.1, 0.15) is 5.56 Å². The van der Waals surface area contributed by atoms with Crippen LogP contribution < -0.4 is 0 Å². The van der Waals surface area contributed by atoms with Crippen LogP contribution in [0.5, 0.6) is 0 Å². The maximum atomic E-state index is 4.98. The topological polar surface area (TPSA) is 18.5 Å². The Morgan fingerprint density at radius 2 is 1.50 bits per heavy atom. The van der Waals surface area contributed by atoms with Gasteiger partial charge in [0.15, 0.2) is 0 Å². The van der Waals surface area contributed by atoms with Gasteiger partial charge in [0, 0.05) is 35.9 Å². The van der Waals surface area contributed by atoms with E-state index in [1.807, 2.05) is 30.3 Å². The van der Waals surface area contributed by atoms with Crippen molar-refractivity contribution in [3.05, 3.63) is 42.2 Å². The molecule has 0 spiro atoms. The van der Waals surface area contributed by atoms with Crippen LogP contribution in [0.2, 0.25) is 0 Å². The van der Waals surface area contributed by atoms with E-state index in [1.165, 1.54) is 0 Å². The van der Waals surface area contributed by atoms with Crippen LogP contribution in [0.25, 0.3) is 0 Å². The molecule has 12 heavy (non-hydrogen) atoms. The van der Waals surface area contributed by atoms with Crippen LogP contribution in [0.3, 0.4) is 0 Å². The summed E-state index contributed by atoms with van der Waals surface area (Å²) >= 11 is 0. The number of ether oxygens (including phenoxy) is 2. The van der Waals surface area contributed by atoms with Crippen LogP contribution in [0.4, 0.5) is 0 Å². The van der Waals surface area contributed by atoms with E-state index in [4.69, 9.17) is 9.47 Å². The van der Waals surface area contributed by atoms with Crippen LogP contribution >= 0.6 is 0 Å². The monoisotopic (exact) mass is 199 g/mol. The van der Waals surface area contributed by atoms with E-state index >= 15 is 0 Å². The molecule has 0 saturated carbocycles. The number of hydrogen-bond donors (Lipinski definition) is 0. The zero-order valence-electron chi connectivity index (χ0n) is 7.20. The number of rotatable bonds is 3. The molecule has 0 aliphatic carbocycles. The molecular weight excluding hydrogens is 188 g/mol. The van der Waals surface area contributed by atoms with Gasteiger partial charge < -0.3 is 9.47 Å². The normalized spacial score (nSPS) is 8.83. The van der Waals surface area contributed by atoms with Gasteiger partial charge >= 0.3 is 0 Å². The molecule has 2 nitrogen and oxygen atoms in total. The summed E-state index contributed by atoms with van der Waals surface area (Å²) in [6.45, 7) is 0. The number of benzene rings is 1. The average Bonchev–Trinajstić information content (AvgIpc) is 2.09. The van der Waals surface area contributed by atoms with E-state index in [0.29, 0.717) is 6.29 Å². The largest absolute Gasteiger partial charge is 0.388 e. The minimum absolute atomic E-state index is 0. The smallest absolute Gasteiger partial charge is 0.0728 e. The van der Waals surface area contributed by atoms with Crippen LogP contribution in [-0.2, 0) is 31.2 Å². The predicted octanol–water partition coefficient (Wildman–Crippen LogP) is 1.81. The van der Waals surface area contributed by atoms with Crippen molar-refractivity contribution < 1.29 is 31.2 Å². The molecule has 1 aromatic rings. The van der Waals surface area contributed by atoms with Gasteiger partial charge in [0.25, 0.3) is 0 Å². The van der Waals surface area contributed by atoms with E-state index in [9.17, 15) is 0 Å². The summed E-state index contributed by atoms with van der Waals surface area (Å²) in [4.78, 5) is 0. The molecule has 0 aromatic heterocycles. The third-order valence-corrected chi connectivity index (χ3v) is 1.38. The zero-order chi connectivity index (χ0) is 8.10. The van der Waals surface area contributed by atoms with Gasteiger partial charge in [-0.15, -0.1) is 17.7 Å². The van der Waals surface area contributed by atoms with E-state index in [-0.39, 0.29) is 21.7 Å². The van der Waals surface area contributed by atoms with Gasteiger partial charge in [0.05, 0.1) is 6.29 Å². The summed E-state index contributed by atoms with van der Waals surface area (Å²) in [5.74, 6) is 0. The molecule has 0 aliphatic heterocycles. The van der Waals surface area contributed by atoms with Gasteiger partial charge in [-0.1, -0.05) is 6.07 Å². The molecule has 1 rings (SSSR count). The molecule has 0 unspecified atom stereocenters. The maximum absolute atomic E-state index is 4.98. The van der Waals surface area contributed by atoms with Gasteiger partial charge in [0.2, 0.25) is 0 Å². The first kappa shape index (κ1) is 11.7. The first-order chi connectivity index (χ1) is 5.38. The van der Waals surface area contributed by atoms with E-state index in [0.717, 1.165) is 5.56 Å². The first-order valence-corrected chi connectivity index (χ1v) is 3.39. The summed E-state index contributed by atoms with van der Waals surface area (Å²) in [5, 5.41) is 0. The van der Waals surface area contributed by atoms with Crippen molar-refractivity contribution >= 4 is 0 Å². The third kappa shape index (κ3) is 2.99. The van der Waals surface area contributed by atoms with Crippen molar-refractivity contribution in [1.82, 2.24) is 0 Å². The summed E-state index contributed by atoms with van der Waals surface area (Å²) < 4.78 is 9.96. The average molecular weight is 199 g/mol. The Balaban J connectivity index is 0.00000121. The molecule has 64 valence electrons. The third-order valence-electron chi connectivity index (χ3n) is 1.38. The quantitative estimate of drug-likeness (QED) is 0.546. The van der Waals surface area contributed by atoms with E-state index in [2.05, 4.69) is 0 Å². The zero-order valence-corrected chi connectivity index (χ0v) is 8.76. The standard InChI is InChI=1S/C9H11O2.Ti/c1-10-9(11-2)8-6-4-3-5-7-8;/h3-7H,1-2H3;/q-1;. The molecule has 1 aromatic carbocycles. The van der Waals surface area contributed by atoms with E-state index in [1.54, 1.807) is 14.2 Å². The van der Waals surface area contributed by atoms with E-state index < -0.39 is 0 Å². The second-order valence-corrected chi connectivity index (χ2v) is 2.06. The first-order valence-electron chi connectivity index (χ1n) is 3.39. The Morgan fingerprint density at radius 1 is 1.00 bits per heavy atom. The summed E-state index contributed by atoms with van der Waals surface area (Å²) in [5.41, 5.74) is 0.956. The summed E-state index contributed by atoms with van der Waals surface area (Å²) in [6.07, 6.45) is 0.547. The van der Waals surface area contributed by atoms with Gasteiger partial charge in [-0.3, -0.25) is 0 Å². The van der Waals surface area contributed by atoms with Crippen molar-refractivity contribution in [1.29, 1.82) is 0 Å². The van der Waals surface area contributed by atoms with Crippen molar-refractivity contribution in [3.63, 3.8) is 0 Å². The number of hydrogen-bond acceptors (Lipinski definition) is 2. The van der Waals surface area contributed by atoms with Crippen LogP contribution in [-0.4, -0.2) is 14.2 Å². The summed E-state index contributed by atoms with van der Waals surface area (Å²) in [7, 11) is 3.18. The Labute approximate surface area is 87.8 Å². The molecule has 3 heteroatoms. The van der Waals surface area contributed by atoms with Gasteiger partial charge in [0.1, 0.15) is 0 Å². The van der Waals surface area contributed by atoms with Gasteiger partial charge in [-0.25, -0.2) is 0 Å². The maximum Gasteiger partial charge on any atom is 0.0728 e.